The van der Waals surface area contributed by atoms with Gasteiger partial charge in [0.1, 0.15) is 12.2 Å². The average molecular weight is 407 g/mol. The van der Waals surface area contributed by atoms with Gasteiger partial charge < -0.3 is 28.4 Å². The van der Waals surface area contributed by atoms with Gasteiger partial charge in [0.15, 0.2) is 17.9 Å². The first-order chi connectivity index (χ1) is 13.7. The highest BCUT2D eigenvalue weighted by Gasteiger charge is 2.59. The van der Waals surface area contributed by atoms with Gasteiger partial charge in [0.2, 0.25) is 0 Å². The summed E-state index contributed by atoms with van der Waals surface area (Å²) in [6.45, 7) is 11.1. The highest BCUT2D eigenvalue weighted by molar-refractivity contribution is 5.13. The highest BCUT2D eigenvalue weighted by atomic mass is 16.8. The molecule has 4 rings (SSSR count). The zero-order valence-electron chi connectivity index (χ0n) is 18.1. The van der Waals surface area contributed by atoms with Crippen molar-refractivity contribution in [1.82, 2.24) is 0 Å². The normalized spacial score (nSPS) is 36.2. The Morgan fingerprint density at radius 2 is 1.69 bits per heavy atom. The van der Waals surface area contributed by atoms with Crippen LogP contribution in [-0.4, -0.2) is 48.9 Å². The van der Waals surface area contributed by atoms with E-state index in [2.05, 4.69) is 19.1 Å². The molecule has 0 bridgehead atoms. The van der Waals surface area contributed by atoms with Crippen LogP contribution in [0.4, 0.5) is 0 Å². The van der Waals surface area contributed by atoms with Crippen molar-refractivity contribution in [3.8, 4) is 0 Å². The van der Waals surface area contributed by atoms with Crippen LogP contribution in [0.25, 0.3) is 0 Å². The van der Waals surface area contributed by atoms with E-state index in [1.807, 2.05) is 45.9 Å². The molecule has 6 nitrogen and oxygen atoms in total. The van der Waals surface area contributed by atoms with Crippen molar-refractivity contribution in [3.05, 3.63) is 35.9 Å². The number of fused-ring (bicyclic) bond motifs is 3. The molecular weight excluding hydrogens is 372 g/mol. The van der Waals surface area contributed by atoms with Crippen molar-refractivity contribution in [3.63, 3.8) is 0 Å². The minimum Gasteiger partial charge on any atom is -0.374 e. The van der Waals surface area contributed by atoms with E-state index >= 15 is 0 Å². The van der Waals surface area contributed by atoms with Crippen LogP contribution < -0.4 is 0 Å². The van der Waals surface area contributed by atoms with Gasteiger partial charge in [-0.3, -0.25) is 0 Å². The number of ether oxygens (including phenoxy) is 6. The van der Waals surface area contributed by atoms with Crippen LogP contribution in [0.1, 0.15) is 53.0 Å². The molecule has 6 atom stereocenters. The Labute approximate surface area is 173 Å². The Morgan fingerprint density at radius 1 is 0.966 bits per heavy atom. The zero-order chi connectivity index (χ0) is 20.6. The molecule has 3 saturated heterocycles. The second-order valence-corrected chi connectivity index (χ2v) is 9.31. The first-order valence-electron chi connectivity index (χ1n) is 10.7. The Bertz CT molecular complexity index is 675. The van der Waals surface area contributed by atoms with E-state index in [0.717, 1.165) is 12.8 Å². The van der Waals surface area contributed by atoms with E-state index in [0.29, 0.717) is 13.2 Å². The molecule has 1 aromatic rings. The Balaban J connectivity index is 1.36. The molecule has 6 heteroatoms. The molecule has 1 aromatic carbocycles. The van der Waals surface area contributed by atoms with Crippen LogP contribution in [0.3, 0.4) is 0 Å². The molecule has 0 spiro atoms. The molecule has 0 aromatic heterocycles. The average Bonchev–Trinajstić information content (AvgIpc) is 3.08. The molecule has 3 aliphatic heterocycles. The summed E-state index contributed by atoms with van der Waals surface area (Å²) in [4.78, 5) is 0. The summed E-state index contributed by atoms with van der Waals surface area (Å²) in [6, 6.07) is 10.3. The van der Waals surface area contributed by atoms with Crippen LogP contribution in [0.5, 0.6) is 0 Å². The van der Waals surface area contributed by atoms with Crippen LogP contribution in [0, 0.1) is 5.92 Å². The first kappa shape index (κ1) is 21.2. The standard InChI is InChI=1S/C23H34O6/c1-15(24-13-16-9-7-6-8-10-16)11-12-17-14-25-22(2,3)27-19-18(17)26-21-20(19)28-23(4,5)29-21/h6-10,15,17-21H,11-14H2,1-5H3/t15?,17-,18+,19-,20+,21+/m0/s1. The van der Waals surface area contributed by atoms with Gasteiger partial charge in [0.25, 0.3) is 0 Å². The second kappa shape index (κ2) is 8.25. The summed E-state index contributed by atoms with van der Waals surface area (Å²) in [7, 11) is 0. The minimum atomic E-state index is -0.679. The molecule has 29 heavy (non-hydrogen) atoms. The van der Waals surface area contributed by atoms with Gasteiger partial charge in [0.05, 0.1) is 25.4 Å². The number of benzene rings is 1. The van der Waals surface area contributed by atoms with Gasteiger partial charge in [0, 0.05) is 5.92 Å². The third kappa shape index (κ3) is 5.01. The molecular formula is C23H34O6. The third-order valence-electron chi connectivity index (χ3n) is 5.88. The molecule has 0 N–H and O–H groups in total. The van der Waals surface area contributed by atoms with E-state index in [1.165, 1.54) is 5.56 Å². The minimum absolute atomic E-state index is 0.107. The van der Waals surface area contributed by atoms with Gasteiger partial charge in [-0.25, -0.2) is 0 Å². The second-order valence-electron chi connectivity index (χ2n) is 9.31. The van der Waals surface area contributed by atoms with Crippen molar-refractivity contribution < 1.29 is 28.4 Å². The van der Waals surface area contributed by atoms with Crippen molar-refractivity contribution in [2.75, 3.05) is 6.61 Å². The zero-order valence-corrected chi connectivity index (χ0v) is 18.1. The Morgan fingerprint density at radius 3 is 2.45 bits per heavy atom. The smallest absolute Gasteiger partial charge is 0.190 e. The lowest BCUT2D eigenvalue weighted by Crippen LogP contribution is -2.42. The maximum Gasteiger partial charge on any atom is 0.190 e. The van der Waals surface area contributed by atoms with Gasteiger partial charge in [-0.15, -0.1) is 0 Å². The predicted molar refractivity (Wildman–Crippen MR) is 107 cm³/mol. The number of hydrogen-bond donors (Lipinski definition) is 0. The van der Waals surface area contributed by atoms with Gasteiger partial charge in [-0.1, -0.05) is 30.3 Å². The molecule has 162 valence electrons. The number of hydrogen-bond acceptors (Lipinski definition) is 6. The Kier molecular flexibility index (Phi) is 6.04. The van der Waals surface area contributed by atoms with E-state index in [4.69, 9.17) is 28.4 Å². The van der Waals surface area contributed by atoms with Crippen LogP contribution in [-0.2, 0) is 35.0 Å². The van der Waals surface area contributed by atoms with Crippen molar-refractivity contribution in [1.29, 1.82) is 0 Å². The highest BCUT2D eigenvalue weighted by Crippen LogP contribution is 2.44. The van der Waals surface area contributed by atoms with Crippen molar-refractivity contribution in [2.45, 2.75) is 96.3 Å². The quantitative estimate of drug-likeness (QED) is 0.711. The predicted octanol–water partition coefficient (Wildman–Crippen LogP) is 4.02. The molecule has 0 amide bonds. The topological polar surface area (TPSA) is 55.4 Å². The summed E-state index contributed by atoms with van der Waals surface area (Å²) >= 11 is 0. The maximum absolute atomic E-state index is 6.29. The summed E-state index contributed by atoms with van der Waals surface area (Å²) in [5.41, 5.74) is 1.19. The summed E-state index contributed by atoms with van der Waals surface area (Å²) in [6.07, 6.45) is 1.08. The fourth-order valence-electron chi connectivity index (χ4n) is 4.37. The summed E-state index contributed by atoms with van der Waals surface area (Å²) in [5, 5.41) is 0. The van der Waals surface area contributed by atoms with Gasteiger partial charge >= 0.3 is 0 Å². The number of rotatable bonds is 6. The fraction of sp³-hybridized carbons (Fsp3) is 0.739. The molecule has 3 fully saturated rings. The fourth-order valence-corrected chi connectivity index (χ4v) is 4.37. The van der Waals surface area contributed by atoms with Crippen LogP contribution in [0.2, 0.25) is 0 Å². The van der Waals surface area contributed by atoms with Crippen LogP contribution in [0.15, 0.2) is 30.3 Å². The monoisotopic (exact) mass is 406 g/mol. The molecule has 0 radical (unpaired) electrons. The first-order valence-corrected chi connectivity index (χ1v) is 10.7. The lowest BCUT2D eigenvalue weighted by atomic mass is 9.92. The molecule has 0 aliphatic carbocycles. The van der Waals surface area contributed by atoms with E-state index < -0.39 is 11.6 Å². The van der Waals surface area contributed by atoms with Crippen molar-refractivity contribution in [2.24, 2.45) is 5.92 Å². The van der Waals surface area contributed by atoms with E-state index in [-0.39, 0.29) is 36.6 Å². The van der Waals surface area contributed by atoms with Crippen LogP contribution >= 0.6 is 0 Å². The molecule has 3 heterocycles. The van der Waals surface area contributed by atoms with Gasteiger partial charge in [-0.2, -0.15) is 0 Å². The maximum atomic E-state index is 6.29. The lowest BCUT2D eigenvalue weighted by Gasteiger charge is -2.30. The SMILES string of the molecule is CC(CC[C@H]1COC(C)(C)O[C@H]2[C@@H]1O[C@@H]1OC(C)(C)O[C@@H]12)OCc1ccccc1. The molecule has 1 unspecified atom stereocenters. The summed E-state index contributed by atoms with van der Waals surface area (Å²) in [5.74, 6) is -1.14. The largest absolute Gasteiger partial charge is 0.374 e. The third-order valence-corrected chi connectivity index (χ3v) is 5.88. The lowest BCUT2D eigenvalue weighted by molar-refractivity contribution is -0.253. The van der Waals surface area contributed by atoms with E-state index in [1.54, 1.807) is 0 Å². The van der Waals surface area contributed by atoms with Crippen molar-refractivity contribution >= 4 is 0 Å². The van der Waals surface area contributed by atoms with Gasteiger partial charge in [-0.05, 0) is 53.0 Å². The molecule has 0 saturated carbocycles. The molecule has 3 aliphatic rings. The Hall–Kier alpha value is -1.02. The van der Waals surface area contributed by atoms with E-state index in [9.17, 15) is 0 Å². The summed E-state index contributed by atoms with van der Waals surface area (Å²) < 4.78 is 36.7.